The minimum absolute atomic E-state index is 0.243. The molecule has 4 N–H and O–H groups in total. The van der Waals surface area contributed by atoms with Crippen LogP contribution in [0.2, 0.25) is 5.02 Å². The van der Waals surface area contributed by atoms with E-state index >= 15 is 0 Å². The number of ether oxygens (including phenoxy) is 1. The number of aromatic nitrogens is 3. The smallest absolute Gasteiger partial charge is 0.160 e. The molecule has 0 bridgehead atoms. The third-order valence-corrected chi connectivity index (χ3v) is 6.70. The normalized spacial score (nSPS) is 11.7. The molecule has 0 amide bonds. The Balaban J connectivity index is 1.49. The Morgan fingerprint density at radius 1 is 0.974 bits per heavy atom. The summed E-state index contributed by atoms with van der Waals surface area (Å²) in [6.45, 7) is 6.89. The molecule has 7 nitrogen and oxygen atoms in total. The van der Waals surface area contributed by atoms with E-state index in [1.54, 1.807) is 12.1 Å². The van der Waals surface area contributed by atoms with Crippen LogP contribution in [-0.4, -0.2) is 20.4 Å². The number of imidazole rings is 1. The van der Waals surface area contributed by atoms with Gasteiger partial charge in [-0.1, -0.05) is 48.9 Å². The van der Waals surface area contributed by atoms with Crippen LogP contribution < -0.4 is 16.3 Å². The Bertz CT molecular complexity index is 1660. The average molecular weight is 525 g/mol. The van der Waals surface area contributed by atoms with E-state index in [4.69, 9.17) is 37.9 Å². The van der Waals surface area contributed by atoms with E-state index in [0.717, 1.165) is 56.9 Å². The summed E-state index contributed by atoms with van der Waals surface area (Å²) in [6, 6.07) is 23.3. The van der Waals surface area contributed by atoms with E-state index in [2.05, 4.69) is 53.8 Å². The zero-order chi connectivity index (χ0) is 26.8. The lowest BCUT2D eigenvalue weighted by Crippen LogP contribution is -2.16. The number of fused-ring (bicyclic) bond motifs is 1. The quantitative estimate of drug-likeness (QED) is 0.112. The van der Waals surface area contributed by atoms with Crippen molar-refractivity contribution in [2.75, 3.05) is 0 Å². The number of rotatable bonds is 7. The predicted octanol–water partition coefficient (Wildman–Crippen LogP) is 6.35. The van der Waals surface area contributed by atoms with E-state index in [1.165, 1.54) is 0 Å². The first kappa shape index (κ1) is 25.3. The summed E-state index contributed by atoms with van der Waals surface area (Å²) in [5.74, 6) is 8.08. The molecule has 192 valence electrons. The molecule has 0 aliphatic heterocycles. The van der Waals surface area contributed by atoms with Crippen LogP contribution in [0.15, 0.2) is 77.9 Å². The topological polar surface area (TPSA) is 104 Å². The van der Waals surface area contributed by atoms with Crippen molar-refractivity contribution in [3.63, 3.8) is 0 Å². The summed E-state index contributed by atoms with van der Waals surface area (Å²) >= 11 is 6.12. The first-order chi connectivity index (χ1) is 18.4. The van der Waals surface area contributed by atoms with Crippen LogP contribution in [0.3, 0.4) is 0 Å². The Morgan fingerprint density at radius 3 is 2.45 bits per heavy atom. The molecule has 0 atom stereocenters. The fourth-order valence-electron chi connectivity index (χ4n) is 4.64. The number of pyridine rings is 1. The van der Waals surface area contributed by atoms with Gasteiger partial charge in [-0.15, -0.1) is 0 Å². The van der Waals surface area contributed by atoms with Gasteiger partial charge in [-0.05, 0) is 78.6 Å². The van der Waals surface area contributed by atoms with E-state index in [9.17, 15) is 0 Å². The fraction of sp³-hybridized carbons (Fsp3) is 0.167. The van der Waals surface area contributed by atoms with Gasteiger partial charge in [-0.25, -0.2) is 9.97 Å². The standard InChI is InChI=1S/C30H29ClN6O/c1-4-27-35-28-18(2)14-19(3)34-30(28)37(27)17-20-8-10-21(11-9-20)26-16-24(12-13-25(26)29(32)36-33)38-23-7-5-6-22(31)15-23/h5-16H,4,17,33H2,1-3H3,(H2,32,36). The largest absolute Gasteiger partial charge is 0.457 e. The van der Waals surface area contributed by atoms with Crippen molar-refractivity contribution in [3.8, 4) is 22.6 Å². The highest BCUT2D eigenvalue weighted by atomic mass is 35.5. The van der Waals surface area contributed by atoms with Gasteiger partial charge in [0.2, 0.25) is 0 Å². The van der Waals surface area contributed by atoms with Crippen molar-refractivity contribution in [3.05, 3.63) is 106 Å². The lowest BCUT2D eigenvalue weighted by atomic mass is 9.97. The maximum Gasteiger partial charge on any atom is 0.160 e. The molecule has 38 heavy (non-hydrogen) atoms. The molecule has 0 aliphatic carbocycles. The number of hydrazone groups is 1. The second kappa shape index (κ2) is 10.6. The van der Waals surface area contributed by atoms with Crippen molar-refractivity contribution < 1.29 is 4.74 Å². The number of hydrogen-bond acceptors (Lipinski definition) is 5. The lowest BCUT2D eigenvalue weighted by Gasteiger charge is -2.14. The Labute approximate surface area is 226 Å². The molecular formula is C30H29ClN6O. The number of amidine groups is 1. The van der Waals surface area contributed by atoms with Gasteiger partial charge in [0, 0.05) is 22.7 Å². The zero-order valence-electron chi connectivity index (χ0n) is 21.6. The van der Waals surface area contributed by atoms with Crippen LogP contribution in [0, 0.1) is 13.8 Å². The lowest BCUT2D eigenvalue weighted by molar-refractivity contribution is 0.483. The Morgan fingerprint density at radius 2 is 1.74 bits per heavy atom. The molecule has 5 rings (SSSR count). The van der Waals surface area contributed by atoms with E-state index < -0.39 is 0 Å². The number of halogens is 1. The van der Waals surface area contributed by atoms with Gasteiger partial charge >= 0.3 is 0 Å². The third kappa shape index (κ3) is 5.06. The van der Waals surface area contributed by atoms with Crippen molar-refractivity contribution >= 4 is 28.6 Å². The average Bonchev–Trinajstić information content (AvgIpc) is 3.26. The molecule has 3 aromatic carbocycles. The maximum absolute atomic E-state index is 6.13. The maximum atomic E-state index is 6.13. The highest BCUT2D eigenvalue weighted by Gasteiger charge is 2.15. The highest BCUT2D eigenvalue weighted by Crippen LogP contribution is 2.32. The minimum atomic E-state index is 0.243. The predicted molar refractivity (Wildman–Crippen MR) is 154 cm³/mol. The number of nitrogens with two attached hydrogens (primary N) is 2. The summed E-state index contributed by atoms with van der Waals surface area (Å²) in [7, 11) is 0. The van der Waals surface area contributed by atoms with Gasteiger partial charge in [0.15, 0.2) is 11.5 Å². The highest BCUT2D eigenvalue weighted by molar-refractivity contribution is 6.30. The fourth-order valence-corrected chi connectivity index (χ4v) is 4.82. The summed E-state index contributed by atoms with van der Waals surface area (Å²) in [4.78, 5) is 9.66. The van der Waals surface area contributed by atoms with Gasteiger partial charge in [0.1, 0.15) is 22.8 Å². The monoisotopic (exact) mass is 524 g/mol. The summed E-state index contributed by atoms with van der Waals surface area (Å²) in [5, 5.41) is 4.32. The van der Waals surface area contributed by atoms with Crippen LogP contribution >= 0.6 is 11.6 Å². The second-order valence-corrected chi connectivity index (χ2v) is 9.64. The zero-order valence-corrected chi connectivity index (χ0v) is 22.3. The first-order valence-electron chi connectivity index (χ1n) is 12.4. The van der Waals surface area contributed by atoms with Gasteiger partial charge < -0.3 is 20.9 Å². The molecule has 2 aromatic heterocycles. The molecule has 2 heterocycles. The summed E-state index contributed by atoms with van der Waals surface area (Å²) < 4.78 is 8.26. The van der Waals surface area contributed by atoms with Gasteiger partial charge in [0.05, 0.1) is 6.54 Å². The van der Waals surface area contributed by atoms with Crippen LogP contribution in [0.1, 0.15) is 35.1 Å². The van der Waals surface area contributed by atoms with Crippen molar-refractivity contribution in [2.45, 2.75) is 33.7 Å². The summed E-state index contributed by atoms with van der Waals surface area (Å²) in [5.41, 5.74) is 13.8. The van der Waals surface area contributed by atoms with E-state index in [1.807, 2.05) is 37.3 Å². The van der Waals surface area contributed by atoms with Crippen LogP contribution in [0.25, 0.3) is 22.3 Å². The SMILES string of the molecule is CCc1nc2c(C)cc(C)nc2n1Cc1ccc(-c2cc(Oc3cccc(Cl)c3)ccc2/C(N)=N/N)cc1. The first-order valence-corrected chi connectivity index (χ1v) is 12.8. The van der Waals surface area contributed by atoms with Gasteiger partial charge in [-0.3, -0.25) is 0 Å². The van der Waals surface area contributed by atoms with Crippen LogP contribution in [0.5, 0.6) is 11.5 Å². The molecule has 0 spiro atoms. The molecule has 0 fully saturated rings. The number of hydrogen-bond donors (Lipinski definition) is 2. The number of benzene rings is 3. The van der Waals surface area contributed by atoms with Crippen LogP contribution in [0.4, 0.5) is 0 Å². The summed E-state index contributed by atoms with van der Waals surface area (Å²) in [6.07, 6.45) is 0.827. The minimum Gasteiger partial charge on any atom is -0.457 e. The number of nitrogens with zero attached hydrogens (tertiary/aromatic N) is 4. The van der Waals surface area contributed by atoms with Gasteiger partial charge in [0.25, 0.3) is 0 Å². The molecule has 5 aromatic rings. The van der Waals surface area contributed by atoms with Gasteiger partial charge in [-0.2, -0.15) is 5.10 Å². The van der Waals surface area contributed by atoms with Crippen molar-refractivity contribution in [2.24, 2.45) is 16.7 Å². The second-order valence-electron chi connectivity index (χ2n) is 9.20. The molecule has 8 heteroatoms. The Kier molecular flexibility index (Phi) is 7.03. The van der Waals surface area contributed by atoms with E-state index in [0.29, 0.717) is 23.1 Å². The molecule has 0 saturated heterocycles. The Hall–Kier alpha value is -4.36. The van der Waals surface area contributed by atoms with Crippen molar-refractivity contribution in [1.29, 1.82) is 0 Å². The molecule has 0 saturated carbocycles. The van der Waals surface area contributed by atoms with E-state index in [-0.39, 0.29) is 5.84 Å². The number of aryl methyl sites for hydroxylation is 3. The molecular weight excluding hydrogens is 496 g/mol. The third-order valence-electron chi connectivity index (χ3n) is 6.46. The molecule has 0 radical (unpaired) electrons. The van der Waals surface area contributed by atoms with Crippen LogP contribution in [-0.2, 0) is 13.0 Å². The molecule has 0 unspecified atom stereocenters. The molecule has 0 aliphatic rings. The van der Waals surface area contributed by atoms with Crippen molar-refractivity contribution in [1.82, 2.24) is 14.5 Å².